The highest BCUT2D eigenvalue weighted by Crippen LogP contribution is 2.21. The molecular formula is C24H29NO8. The summed E-state index contributed by atoms with van der Waals surface area (Å²) in [5.41, 5.74) is -1.80. The zero-order valence-corrected chi connectivity index (χ0v) is 18.5. The van der Waals surface area contributed by atoms with Gasteiger partial charge in [-0.15, -0.1) is 0 Å². The molecule has 2 unspecified atom stereocenters. The minimum absolute atomic E-state index is 0.0612. The lowest BCUT2D eigenvalue weighted by atomic mass is 9.83. The number of amides is 1. The first-order valence-electron chi connectivity index (χ1n) is 10.4. The van der Waals surface area contributed by atoms with E-state index in [2.05, 4.69) is 5.32 Å². The summed E-state index contributed by atoms with van der Waals surface area (Å²) in [5.74, 6) is -3.27. The van der Waals surface area contributed by atoms with Gasteiger partial charge >= 0.3 is 12.1 Å². The summed E-state index contributed by atoms with van der Waals surface area (Å²) in [6.07, 6.45) is -3.12. The average molecular weight is 459 g/mol. The Bertz CT molecular complexity index is 919. The van der Waals surface area contributed by atoms with E-state index in [1.165, 1.54) is 0 Å². The Morgan fingerprint density at radius 3 is 1.85 bits per heavy atom. The van der Waals surface area contributed by atoms with Gasteiger partial charge in [-0.2, -0.15) is 0 Å². The molecule has 33 heavy (non-hydrogen) atoms. The van der Waals surface area contributed by atoms with E-state index in [1.54, 1.807) is 74.5 Å². The first-order chi connectivity index (χ1) is 15.7. The Hall–Kier alpha value is -3.27. The molecule has 2 aromatic carbocycles. The van der Waals surface area contributed by atoms with Crippen molar-refractivity contribution in [2.24, 2.45) is 5.92 Å². The fourth-order valence-corrected chi connectivity index (χ4v) is 3.03. The highest BCUT2D eigenvalue weighted by molar-refractivity contribution is 6.10. The fraction of sp³-hybridized carbons (Fsp3) is 0.375. The molecule has 0 bridgehead atoms. The topological polar surface area (TPSA) is 142 Å². The van der Waals surface area contributed by atoms with E-state index >= 15 is 0 Å². The van der Waals surface area contributed by atoms with Crippen molar-refractivity contribution >= 4 is 17.8 Å². The molecule has 0 aromatic heterocycles. The van der Waals surface area contributed by atoms with E-state index in [-0.39, 0.29) is 13.2 Å². The third kappa shape index (κ3) is 6.85. The van der Waals surface area contributed by atoms with Crippen LogP contribution in [0.2, 0.25) is 0 Å². The summed E-state index contributed by atoms with van der Waals surface area (Å²) in [4.78, 5) is 38.2. The molecule has 0 aliphatic heterocycles. The van der Waals surface area contributed by atoms with Crippen molar-refractivity contribution in [2.75, 3.05) is 6.61 Å². The summed E-state index contributed by atoms with van der Waals surface area (Å²) in [5, 5.41) is 32.8. The molecule has 3 atom stereocenters. The first-order valence-corrected chi connectivity index (χ1v) is 10.4. The Kier molecular flexibility index (Phi) is 9.53. The van der Waals surface area contributed by atoms with Crippen molar-refractivity contribution in [3.05, 3.63) is 71.8 Å². The second kappa shape index (κ2) is 12.1. The van der Waals surface area contributed by atoms with Gasteiger partial charge in [0, 0.05) is 0 Å². The van der Waals surface area contributed by atoms with E-state index < -0.39 is 48.1 Å². The molecule has 0 radical (unpaired) electrons. The molecule has 9 nitrogen and oxygen atoms in total. The van der Waals surface area contributed by atoms with Crippen LogP contribution in [0.15, 0.2) is 60.7 Å². The minimum atomic E-state index is -3.11. The van der Waals surface area contributed by atoms with Gasteiger partial charge in [0.15, 0.2) is 0 Å². The van der Waals surface area contributed by atoms with Gasteiger partial charge in [0.05, 0.1) is 12.6 Å². The number of benzene rings is 2. The van der Waals surface area contributed by atoms with Crippen molar-refractivity contribution in [1.82, 2.24) is 5.32 Å². The van der Waals surface area contributed by atoms with Crippen molar-refractivity contribution in [3.8, 4) is 0 Å². The molecule has 0 spiro atoms. The van der Waals surface area contributed by atoms with Crippen LogP contribution in [0.3, 0.4) is 0 Å². The number of carbonyl (C=O) groups is 3. The van der Waals surface area contributed by atoms with E-state index in [0.29, 0.717) is 5.56 Å². The third-order valence-electron chi connectivity index (χ3n) is 4.99. The number of Topliss-reactive ketones (excluding diaryl/α,β-unsaturated/α-hetero) is 1. The number of hydrogen-bond acceptors (Lipinski definition) is 8. The molecule has 0 aliphatic carbocycles. The predicted octanol–water partition coefficient (Wildman–Crippen LogP) is 1.33. The molecule has 178 valence electrons. The van der Waals surface area contributed by atoms with Gasteiger partial charge in [-0.25, -0.2) is 9.59 Å². The fourth-order valence-electron chi connectivity index (χ4n) is 3.03. The number of alkyl carbamates (subject to hydrolysis) is 1. The zero-order chi connectivity index (χ0) is 24.4. The average Bonchev–Trinajstić information content (AvgIpc) is 2.84. The largest absolute Gasteiger partial charge is 0.458 e. The number of ketones is 1. The number of esters is 1. The lowest BCUT2D eigenvalue weighted by Gasteiger charge is -2.33. The predicted molar refractivity (Wildman–Crippen MR) is 118 cm³/mol. The van der Waals surface area contributed by atoms with Crippen LogP contribution in [0, 0.1) is 5.92 Å². The van der Waals surface area contributed by atoms with Crippen LogP contribution in [0.5, 0.6) is 0 Å². The number of aliphatic hydroxyl groups excluding tert-OH is 2. The Morgan fingerprint density at radius 1 is 0.909 bits per heavy atom. The molecule has 0 heterocycles. The number of ether oxygens (including phenoxy) is 2. The maximum atomic E-state index is 13.2. The normalized spacial score (nSPS) is 14.6. The number of aliphatic hydroxyl groups is 3. The molecule has 0 aliphatic rings. The van der Waals surface area contributed by atoms with Crippen molar-refractivity contribution in [1.29, 1.82) is 0 Å². The smallest absolute Gasteiger partial charge is 0.408 e. The maximum absolute atomic E-state index is 13.2. The number of carbonyl (C=O) groups excluding carboxylic acids is 3. The molecule has 0 fully saturated rings. The van der Waals surface area contributed by atoms with Gasteiger partial charge in [-0.3, -0.25) is 4.79 Å². The molecule has 1 amide bonds. The van der Waals surface area contributed by atoms with E-state index in [9.17, 15) is 29.7 Å². The van der Waals surface area contributed by atoms with Crippen LogP contribution in [-0.4, -0.2) is 57.5 Å². The molecule has 9 heteroatoms. The highest BCUT2D eigenvalue weighted by atomic mass is 16.6. The Morgan fingerprint density at radius 2 is 1.39 bits per heavy atom. The molecule has 2 rings (SSSR count). The van der Waals surface area contributed by atoms with Crippen LogP contribution < -0.4 is 5.32 Å². The van der Waals surface area contributed by atoms with Gasteiger partial charge in [0.25, 0.3) is 5.60 Å². The summed E-state index contributed by atoms with van der Waals surface area (Å²) in [6, 6.07) is 15.9. The molecule has 0 saturated carbocycles. The van der Waals surface area contributed by atoms with Crippen LogP contribution in [0.4, 0.5) is 4.79 Å². The molecule has 2 aromatic rings. The van der Waals surface area contributed by atoms with Crippen LogP contribution in [0.1, 0.15) is 25.0 Å². The van der Waals surface area contributed by atoms with Crippen molar-refractivity contribution in [2.45, 2.75) is 44.8 Å². The molecular weight excluding hydrogens is 430 g/mol. The highest BCUT2D eigenvalue weighted by Gasteiger charge is 2.54. The SMILES string of the molecule is CC(C)[C@H](NC(=O)OCc1ccccc1)C(=O)C(O)(C(=O)OCc1ccccc1)C(O)CO. The second-order valence-corrected chi connectivity index (χ2v) is 7.82. The third-order valence-corrected chi connectivity index (χ3v) is 4.99. The lowest BCUT2D eigenvalue weighted by molar-refractivity contribution is -0.187. The van der Waals surface area contributed by atoms with Gasteiger partial charge < -0.3 is 30.1 Å². The van der Waals surface area contributed by atoms with Crippen LogP contribution >= 0.6 is 0 Å². The standard InChI is InChI=1S/C24H29NO8/c1-16(2)20(25-23(30)33-15-18-11-7-4-8-12-18)21(28)24(31,19(27)13-26)22(29)32-14-17-9-5-3-6-10-17/h3-12,16,19-20,26-27,31H,13-15H2,1-2H3,(H,25,30)/t19?,20-,24?/m0/s1. The summed E-state index contributed by atoms with van der Waals surface area (Å²) >= 11 is 0. The summed E-state index contributed by atoms with van der Waals surface area (Å²) < 4.78 is 10.2. The molecule has 0 saturated heterocycles. The van der Waals surface area contributed by atoms with Crippen LogP contribution in [0.25, 0.3) is 0 Å². The van der Waals surface area contributed by atoms with Gasteiger partial charge in [0.1, 0.15) is 19.3 Å². The van der Waals surface area contributed by atoms with E-state index in [1.807, 2.05) is 0 Å². The van der Waals surface area contributed by atoms with Crippen molar-refractivity contribution < 1.29 is 39.2 Å². The first kappa shape index (κ1) is 26.0. The van der Waals surface area contributed by atoms with E-state index in [4.69, 9.17) is 9.47 Å². The van der Waals surface area contributed by atoms with E-state index in [0.717, 1.165) is 5.56 Å². The quantitative estimate of drug-likeness (QED) is 0.291. The van der Waals surface area contributed by atoms with Gasteiger partial charge in [0.2, 0.25) is 5.78 Å². The number of nitrogens with one attached hydrogen (secondary N) is 1. The summed E-state index contributed by atoms with van der Waals surface area (Å²) in [6.45, 7) is 1.72. The van der Waals surface area contributed by atoms with Crippen LogP contribution in [-0.2, 0) is 32.3 Å². The molecule has 4 N–H and O–H groups in total. The number of rotatable bonds is 11. The van der Waals surface area contributed by atoms with Crippen molar-refractivity contribution in [3.63, 3.8) is 0 Å². The number of hydrogen-bond donors (Lipinski definition) is 4. The Labute approximate surface area is 192 Å². The minimum Gasteiger partial charge on any atom is -0.458 e. The van der Waals surface area contributed by atoms with Gasteiger partial charge in [-0.05, 0) is 17.0 Å². The monoisotopic (exact) mass is 459 g/mol. The second-order valence-electron chi connectivity index (χ2n) is 7.82. The lowest BCUT2D eigenvalue weighted by Crippen LogP contribution is -2.64. The summed E-state index contributed by atoms with van der Waals surface area (Å²) in [7, 11) is 0. The van der Waals surface area contributed by atoms with Gasteiger partial charge in [-0.1, -0.05) is 74.5 Å². The maximum Gasteiger partial charge on any atom is 0.408 e. The zero-order valence-electron chi connectivity index (χ0n) is 18.5. The Balaban J connectivity index is 2.14.